The summed E-state index contributed by atoms with van der Waals surface area (Å²) < 4.78 is 0. The zero-order valence-corrected chi connectivity index (χ0v) is 14.7. The van der Waals surface area contributed by atoms with Crippen molar-refractivity contribution in [2.75, 3.05) is 38.0 Å². The number of urea groups is 1. The summed E-state index contributed by atoms with van der Waals surface area (Å²) in [7, 11) is 0. The number of carbonyl (C=O) groups excluding carboxylic acids is 1. The Kier molecular flexibility index (Phi) is 5.70. The molecule has 0 unspecified atom stereocenters. The smallest absolute Gasteiger partial charge is 0.321 e. The molecule has 2 amide bonds. The molecule has 0 atom stereocenters. The third-order valence-electron chi connectivity index (χ3n) is 3.95. The Hall–Kier alpha value is -1.26. The van der Waals surface area contributed by atoms with E-state index in [2.05, 4.69) is 24.1 Å². The molecule has 1 aromatic rings. The van der Waals surface area contributed by atoms with Gasteiger partial charge in [-0.05, 0) is 37.0 Å². The fourth-order valence-electron chi connectivity index (χ4n) is 2.91. The number of hydrogen-bond donors (Lipinski definition) is 1. The second-order valence-corrected chi connectivity index (χ2v) is 6.96. The molecule has 1 saturated heterocycles. The molecule has 0 radical (unpaired) electrons. The van der Waals surface area contributed by atoms with Gasteiger partial charge in [0.05, 0.1) is 10.7 Å². The Bertz CT molecular complexity index is 514. The van der Waals surface area contributed by atoms with Crippen LogP contribution in [0.5, 0.6) is 0 Å². The second kappa shape index (κ2) is 7.34. The molecule has 1 aromatic carbocycles. The van der Waals surface area contributed by atoms with Gasteiger partial charge in [0.15, 0.2) is 0 Å². The monoisotopic (exact) mass is 323 g/mol. The lowest BCUT2D eigenvalue weighted by molar-refractivity contribution is 0.138. The summed E-state index contributed by atoms with van der Waals surface area (Å²) in [6.45, 7) is 12.9. The highest BCUT2D eigenvalue weighted by Gasteiger charge is 2.22. The van der Waals surface area contributed by atoms with Crippen LogP contribution in [0, 0.1) is 19.8 Å². The van der Waals surface area contributed by atoms with Gasteiger partial charge in [-0.15, -0.1) is 0 Å². The minimum absolute atomic E-state index is 0.0574. The minimum atomic E-state index is -0.0574. The fraction of sp³-hybridized carbons (Fsp3) is 0.588. The minimum Gasteiger partial charge on any atom is -0.322 e. The maximum atomic E-state index is 12.4. The Morgan fingerprint density at radius 3 is 2.41 bits per heavy atom. The standard InChI is InChI=1S/C17H26ClN3O/c1-12(2)11-20-5-7-21(8-6-20)17(22)19-16-14(4)9-13(3)10-15(16)18/h9-10,12H,5-8,11H2,1-4H3,(H,19,22). The van der Waals surface area contributed by atoms with Gasteiger partial charge in [0.2, 0.25) is 0 Å². The number of anilines is 1. The van der Waals surface area contributed by atoms with E-state index in [9.17, 15) is 4.79 Å². The zero-order valence-electron chi connectivity index (χ0n) is 13.9. The number of halogens is 1. The van der Waals surface area contributed by atoms with E-state index in [1.165, 1.54) is 0 Å². The molecule has 5 heteroatoms. The van der Waals surface area contributed by atoms with Crippen LogP contribution in [0.4, 0.5) is 10.5 Å². The highest BCUT2D eigenvalue weighted by atomic mass is 35.5. The van der Waals surface area contributed by atoms with E-state index < -0.39 is 0 Å². The first-order valence-electron chi connectivity index (χ1n) is 7.92. The van der Waals surface area contributed by atoms with Gasteiger partial charge in [-0.1, -0.05) is 31.5 Å². The molecule has 1 fully saturated rings. The number of hydrogen-bond acceptors (Lipinski definition) is 2. The first kappa shape index (κ1) is 17.1. The molecule has 1 aliphatic heterocycles. The van der Waals surface area contributed by atoms with Crippen LogP contribution in [0.3, 0.4) is 0 Å². The predicted octanol–water partition coefficient (Wildman–Crippen LogP) is 3.76. The number of nitrogens with one attached hydrogen (secondary N) is 1. The largest absolute Gasteiger partial charge is 0.322 e. The lowest BCUT2D eigenvalue weighted by Gasteiger charge is -2.35. The van der Waals surface area contributed by atoms with Crippen molar-refractivity contribution >= 4 is 23.3 Å². The molecule has 122 valence electrons. The third kappa shape index (κ3) is 4.37. The van der Waals surface area contributed by atoms with Crippen molar-refractivity contribution in [3.05, 3.63) is 28.3 Å². The van der Waals surface area contributed by atoms with E-state index in [1.54, 1.807) is 0 Å². The Morgan fingerprint density at radius 2 is 1.86 bits per heavy atom. The zero-order chi connectivity index (χ0) is 16.3. The van der Waals surface area contributed by atoms with Crippen LogP contribution in [0.25, 0.3) is 0 Å². The average molecular weight is 324 g/mol. The van der Waals surface area contributed by atoms with E-state index >= 15 is 0 Å². The van der Waals surface area contributed by atoms with Gasteiger partial charge in [0, 0.05) is 32.7 Å². The van der Waals surface area contributed by atoms with E-state index in [0.29, 0.717) is 10.9 Å². The van der Waals surface area contributed by atoms with Crippen LogP contribution in [-0.2, 0) is 0 Å². The molecule has 4 nitrogen and oxygen atoms in total. The van der Waals surface area contributed by atoms with Gasteiger partial charge in [-0.2, -0.15) is 0 Å². The van der Waals surface area contributed by atoms with Gasteiger partial charge in [-0.25, -0.2) is 4.79 Å². The van der Waals surface area contributed by atoms with Gasteiger partial charge in [0.1, 0.15) is 0 Å². The van der Waals surface area contributed by atoms with Crippen LogP contribution in [0.1, 0.15) is 25.0 Å². The Morgan fingerprint density at radius 1 is 1.23 bits per heavy atom. The second-order valence-electron chi connectivity index (χ2n) is 6.55. The molecule has 1 N–H and O–H groups in total. The highest BCUT2D eigenvalue weighted by Crippen LogP contribution is 2.27. The van der Waals surface area contributed by atoms with E-state index in [1.807, 2.05) is 30.9 Å². The summed E-state index contributed by atoms with van der Waals surface area (Å²) in [4.78, 5) is 16.7. The predicted molar refractivity (Wildman–Crippen MR) is 92.8 cm³/mol. The molecule has 2 rings (SSSR count). The van der Waals surface area contributed by atoms with Gasteiger partial charge in [0.25, 0.3) is 0 Å². The SMILES string of the molecule is Cc1cc(C)c(NC(=O)N2CCN(CC(C)C)CC2)c(Cl)c1. The summed E-state index contributed by atoms with van der Waals surface area (Å²) in [5.74, 6) is 0.661. The van der Waals surface area contributed by atoms with Crippen LogP contribution >= 0.6 is 11.6 Å². The molecule has 0 aliphatic carbocycles. The van der Waals surface area contributed by atoms with Crippen LogP contribution in [0.15, 0.2) is 12.1 Å². The molecule has 0 saturated carbocycles. The van der Waals surface area contributed by atoms with Gasteiger partial charge in [-0.3, -0.25) is 4.90 Å². The van der Waals surface area contributed by atoms with E-state index in [0.717, 1.165) is 49.5 Å². The summed E-state index contributed by atoms with van der Waals surface area (Å²) in [5.41, 5.74) is 2.82. The lowest BCUT2D eigenvalue weighted by atomic mass is 10.1. The van der Waals surface area contributed by atoms with Gasteiger partial charge < -0.3 is 10.2 Å². The third-order valence-corrected chi connectivity index (χ3v) is 4.24. The first-order valence-corrected chi connectivity index (χ1v) is 8.29. The maximum absolute atomic E-state index is 12.4. The summed E-state index contributed by atoms with van der Waals surface area (Å²) in [5, 5.41) is 3.57. The summed E-state index contributed by atoms with van der Waals surface area (Å²) in [6.07, 6.45) is 0. The van der Waals surface area contributed by atoms with Crippen LogP contribution < -0.4 is 5.32 Å². The van der Waals surface area contributed by atoms with E-state index in [4.69, 9.17) is 11.6 Å². The molecule has 0 bridgehead atoms. The number of amides is 2. The number of piperazine rings is 1. The van der Waals surface area contributed by atoms with Crippen molar-refractivity contribution in [3.8, 4) is 0 Å². The van der Waals surface area contributed by atoms with Crippen molar-refractivity contribution in [2.45, 2.75) is 27.7 Å². The van der Waals surface area contributed by atoms with Crippen molar-refractivity contribution in [3.63, 3.8) is 0 Å². The van der Waals surface area contributed by atoms with Crippen LogP contribution in [0.2, 0.25) is 5.02 Å². The summed E-state index contributed by atoms with van der Waals surface area (Å²) >= 11 is 6.26. The molecule has 1 heterocycles. The highest BCUT2D eigenvalue weighted by molar-refractivity contribution is 6.34. The number of nitrogens with zero attached hydrogens (tertiary/aromatic N) is 2. The summed E-state index contributed by atoms with van der Waals surface area (Å²) in [6, 6.07) is 3.85. The number of rotatable bonds is 3. The van der Waals surface area contributed by atoms with Gasteiger partial charge >= 0.3 is 6.03 Å². The van der Waals surface area contributed by atoms with Crippen LogP contribution in [-0.4, -0.2) is 48.6 Å². The maximum Gasteiger partial charge on any atom is 0.321 e. The topological polar surface area (TPSA) is 35.6 Å². The lowest BCUT2D eigenvalue weighted by Crippen LogP contribution is -2.50. The van der Waals surface area contributed by atoms with Crippen molar-refractivity contribution in [1.82, 2.24) is 9.80 Å². The molecular weight excluding hydrogens is 298 g/mol. The normalized spacial score (nSPS) is 16.2. The molecule has 22 heavy (non-hydrogen) atoms. The van der Waals surface area contributed by atoms with Crippen molar-refractivity contribution < 1.29 is 4.79 Å². The number of carbonyl (C=O) groups is 1. The average Bonchev–Trinajstić information content (AvgIpc) is 2.42. The van der Waals surface area contributed by atoms with E-state index in [-0.39, 0.29) is 6.03 Å². The molecule has 1 aliphatic rings. The first-order chi connectivity index (χ1) is 10.4. The molecule has 0 spiro atoms. The Balaban J connectivity index is 1.94. The quantitative estimate of drug-likeness (QED) is 0.919. The number of aryl methyl sites for hydroxylation is 2. The molecule has 0 aromatic heterocycles. The van der Waals surface area contributed by atoms with Crippen molar-refractivity contribution in [2.24, 2.45) is 5.92 Å². The fourth-order valence-corrected chi connectivity index (χ4v) is 3.28. The number of benzene rings is 1. The molecular formula is C17H26ClN3O. The Labute approximate surface area is 138 Å². The van der Waals surface area contributed by atoms with Crippen molar-refractivity contribution in [1.29, 1.82) is 0 Å².